The predicted octanol–water partition coefficient (Wildman–Crippen LogP) is 2.75. The lowest BCUT2D eigenvalue weighted by atomic mass is 9.91. The van der Waals surface area contributed by atoms with E-state index in [1.165, 1.54) is 24.0 Å². The molecule has 1 aliphatic heterocycles. The number of likely N-dealkylation sites (tertiary alicyclic amines) is 1. The third kappa shape index (κ3) is 4.33. The van der Waals surface area contributed by atoms with Gasteiger partial charge in [-0.05, 0) is 62.6 Å². The van der Waals surface area contributed by atoms with Crippen LogP contribution in [0.2, 0.25) is 0 Å². The number of rotatable bonds is 5. The standard InChI is InChI=1S/C20H27NO4/c1-2-24-20(23)16-10-12-21(13-11-16)19(22)14-25-18-9-5-7-15-6-3-4-8-17(15)18/h5,7,9,16H,2-4,6,8,10-14H2,1H3. The highest BCUT2D eigenvalue weighted by molar-refractivity contribution is 5.78. The second kappa shape index (κ2) is 8.37. The molecule has 25 heavy (non-hydrogen) atoms. The van der Waals surface area contributed by atoms with Crippen molar-refractivity contribution in [2.75, 3.05) is 26.3 Å². The molecule has 2 aliphatic rings. The zero-order chi connectivity index (χ0) is 17.6. The Bertz CT molecular complexity index is 620. The van der Waals surface area contributed by atoms with Gasteiger partial charge in [-0.15, -0.1) is 0 Å². The van der Waals surface area contributed by atoms with Crippen molar-refractivity contribution in [3.8, 4) is 5.75 Å². The van der Waals surface area contributed by atoms with Crippen LogP contribution in [-0.2, 0) is 27.2 Å². The van der Waals surface area contributed by atoms with Crippen molar-refractivity contribution in [2.45, 2.75) is 45.4 Å². The molecule has 0 saturated carbocycles. The van der Waals surface area contributed by atoms with E-state index in [1.807, 2.05) is 19.1 Å². The molecule has 1 heterocycles. The van der Waals surface area contributed by atoms with Gasteiger partial charge in [-0.2, -0.15) is 0 Å². The Hall–Kier alpha value is -2.04. The molecule has 3 rings (SSSR count). The van der Waals surface area contributed by atoms with Crippen molar-refractivity contribution in [3.63, 3.8) is 0 Å². The Morgan fingerprint density at radius 1 is 1.16 bits per heavy atom. The second-order valence-electron chi connectivity index (χ2n) is 6.80. The minimum Gasteiger partial charge on any atom is -0.483 e. The SMILES string of the molecule is CCOC(=O)C1CCN(C(=O)COc2cccc3c2CCCC3)CC1. The first-order valence-corrected chi connectivity index (χ1v) is 9.37. The van der Waals surface area contributed by atoms with E-state index >= 15 is 0 Å². The normalized spacial score (nSPS) is 17.7. The van der Waals surface area contributed by atoms with Gasteiger partial charge in [-0.25, -0.2) is 0 Å². The van der Waals surface area contributed by atoms with Crippen LogP contribution in [0.15, 0.2) is 18.2 Å². The van der Waals surface area contributed by atoms with Crippen LogP contribution in [0.3, 0.4) is 0 Å². The van der Waals surface area contributed by atoms with Crippen molar-refractivity contribution < 1.29 is 19.1 Å². The number of hydrogen-bond acceptors (Lipinski definition) is 4. The molecule has 136 valence electrons. The van der Waals surface area contributed by atoms with E-state index in [-0.39, 0.29) is 24.4 Å². The molecule has 1 aromatic rings. The lowest BCUT2D eigenvalue weighted by molar-refractivity contribution is -0.151. The summed E-state index contributed by atoms with van der Waals surface area (Å²) in [5.74, 6) is 0.635. The van der Waals surface area contributed by atoms with Crippen LogP contribution in [0.1, 0.15) is 43.7 Å². The Balaban J connectivity index is 1.50. The van der Waals surface area contributed by atoms with Crippen LogP contribution >= 0.6 is 0 Å². The fourth-order valence-corrected chi connectivity index (χ4v) is 3.74. The summed E-state index contributed by atoms with van der Waals surface area (Å²) in [6.07, 6.45) is 5.89. The molecule has 0 unspecified atom stereocenters. The highest BCUT2D eigenvalue weighted by Crippen LogP contribution is 2.29. The number of carbonyl (C=O) groups excluding carboxylic acids is 2. The van der Waals surface area contributed by atoms with Gasteiger partial charge in [-0.3, -0.25) is 9.59 Å². The molecule has 0 radical (unpaired) electrons. The van der Waals surface area contributed by atoms with Gasteiger partial charge in [0.25, 0.3) is 5.91 Å². The maximum atomic E-state index is 12.4. The number of benzene rings is 1. The molecule has 5 heteroatoms. The fourth-order valence-electron chi connectivity index (χ4n) is 3.74. The first kappa shape index (κ1) is 17.8. The number of carbonyl (C=O) groups is 2. The van der Waals surface area contributed by atoms with E-state index in [1.54, 1.807) is 4.90 Å². The van der Waals surface area contributed by atoms with E-state index in [9.17, 15) is 9.59 Å². The number of hydrogen-bond donors (Lipinski definition) is 0. The van der Waals surface area contributed by atoms with Gasteiger partial charge in [0.2, 0.25) is 0 Å². The van der Waals surface area contributed by atoms with Crippen LogP contribution in [0.25, 0.3) is 0 Å². The minimum absolute atomic E-state index is 0.00396. The summed E-state index contributed by atoms with van der Waals surface area (Å²) in [4.78, 5) is 26.0. The molecular formula is C20H27NO4. The van der Waals surface area contributed by atoms with Crippen LogP contribution in [0.5, 0.6) is 5.75 Å². The molecule has 0 N–H and O–H groups in total. The van der Waals surface area contributed by atoms with Gasteiger partial charge < -0.3 is 14.4 Å². The lowest BCUT2D eigenvalue weighted by Crippen LogP contribution is -2.42. The first-order chi connectivity index (χ1) is 12.2. The average Bonchev–Trinajstić information content (AvgIpc) is 2.66. The number of piperidine rings is 1. The molecule has 0 aromatic heterocycles. The molecule has 0 bridgehead atoms. The Labute approximate surface area is 149 Å². The summed E-state index contributed by atoms with van der Waals surface area (Å²) in [6, 6.07) is 6.13. The predicted molar refractivity (Wildman–Crippen MR) is 94.5 cm³/mol. The molecule has 1 aliphatic carbocycles. The van der Waals surface area contributed by atoms with Crippen molar-refractivity contribution >= 4 is 11.9 Å². The second-order valence-corrected chi connectivity index (χ2v) is 6.80. The van der Waals surface area contributed by atoms with Crippen molar-refractivity contribution in [1.29, 1.82) is 0 Å². The van der Waals surface area contributed by atoms with Crippen molar-refractivity contribution in [2.24, 2.45) is 5.92 Å². The van der Waals surface area contributed by atoms with Gasteiger partial charge in [0, 0.05) is 13.1 Å². The Kier molecular flexibility index (Phi) is 5.95. The quantitative estimate of drug-likeness (QED) is 0.770. The van der Waals surface area contributed by atoms with E-state index in [2.05, 4.69) is 6.07 Å². The summed E-state index contributed by atoms with van der Waals surface area (Å²) in [5.41, 5.74) is 2.62. The van der Waals surface area contributed by atoms with Crippen LogP contribution < -0.4 is 4.74 Å². The number of esters is 1. The van der Waals surface area contributed by atoms with Gasteiger partial charge >= 0.3 is 5.97 Å². The fraction of sp³-hybridized carbons (Fsp3) is 0.600. The van der Waals surface area contributed by atoms with Crippen LogP contribution in [-0.4, -0.2) is 43.1 Å². The van der Waals surface area contributed by atoms with E-state index < -0.39 is 0 Å². The number of amides is 1. The average molecular weight is 345 g/mol. The summed E-state index contributed by atoms with van der Waals surface area (Å²) in [7, 11) is 0. The van der Waals surface area contributed by atoms with Gasteiger partial charge in [0.15, 0.2) is 6.61 Å². The number of aryl methyl sites for hydroxylation is 1. The summed E-state index contributed by atoms with van der Waals surface area (Å²) in [5, 5.41) is 0. The molecule has 0 spiro atoms. The first-order valence-electron chi connectivity index (χ1n) is 9.37. The molecule has 1 amide bonds. The van der Waals surface area contributed by atoms with E-state index in [0.29, 0.717) is 32.5 Å². The third-order valence-electron chi connectivity index (χ3n) is 5.17. The maximum Gasteiger partial charge on any atom is 0.309 e. The smallest absolute Gasteiger partial charge is 0.309 e. The van der Waals surface area contributed by atoms with Gasteiger partial charge in [0.05, 0.1) is 12.5 Å². The molecule has 1 aromatic carbocycles. The zero-order valence-electron chi connectivity index (χ0n) is 15.0. The van der Waals surface area contributed by atoms with Gasteiger partial charge in [-0.1, -0.05) is 12.1 Å². The molecule has 0 atom stereocenters. The highest BCUT2D eigenvalue weighted by atomic mass is 16.5. The molecule has 5 nitrogen and oxygen atoms in total. The number of nitrogens with zero attached hydrogens (tertiary/aromatic N) is 1. The topological polar surface area (TPSA) is 55.8 Å². The van der Waals surface area contributed by atoms with Gasteiger partial charge in [0.1, 0.15) is 5.75 Å². The molecule has 1 fully saturated rings. The molecular weight excluding hydrogens is 318 g/mol. The monoisotopic (exact) mass is 345 g/mol. The van der Waals surface area contributed by atoms with Crippen LogP contribution in [0, 0.1) is 5.92 Å². The third-order valence-corrected chi connectivity index (χ3v) is 5.17. The number of fused-ring (bicyclic) bond motifs is 1. The minimum atomic E-state index is -0.137. The molecule has 1 saturated heterocycles. The summed E-state index contributed by atoms with van der Waals surface area (Å²) < 4.78 is 10.9. The van der Waals surface area contributed by atoms with E-state index in [0.717, 1.165) is 18.6 Å². The largest absolute Gasteiger partial charge is 0.483 e. The van der Waals surface area contributed by atoms with Crippen molar-refractivity contribution in [1.82, 2.24) is 4.90 Å². The Morgan fingerprint density at radius 2 is 1.92 bits per heavy atom. The maximum absolute atomic E-state index is 12.4. The van der Waals surface area contributed by atoms with E-state index in [4.69, 9.17) is 9.47 Å². The summed E-state index contributed by atoms with van der Waals surface area (Å²) >= 11 is 0. The van der Waals surface area contributed by atoms with Crippen LogP contribution in [0.4, 0.5) is 0 Å². The number of ether oxygens (including phenoxy) is 2. The highest BCUT2D eigenvalue weighted by Gasteiger charge is 2.28. The van der Waals surface area contributed by atoms with Crippen molar-refractivity contribution in [3.05, 3.63) is 29.3 Å². The Morgan fingerprint density at radius 3 is 2.68 bits per heavy atom. The zero-order valence-corrected chi connectivity index (χ0v) is 15.0. The summed E-state index contributed by atoms with van der Waals surface area (Å²) in [6.45, 7) is 3.49. The lowest BCUT2D eigenvalue weighted by Gasteiger charge is -2.31.